The summed E-state index contributed by atoms with van der Waals surface area (Å²) in [5.41, 5.74) is 2.07. The molecule has 4 heteroatoms. The highest BCUT2D eigenvalue weighted by molar-refractivity contribution is 5.59. The third kappa shape index (κ3) is 4.58. The summed E-state index contributed by atoms with van der Waals surface area (Å²) in [4.78, 5) is 2.59. The Morgan fingerprint density at radius 1 is 1.13 bits per heavy atom. The number of nitrogens with zero attached hydrogens (tertiary/aromatic N) is 2. The molecule has 1 fully saturated rings. The fourth-order valence-corrected chi connectivity index (χ4v) is 3.60. The monoisotopic (exact) mass is 313 g/mol. The van der Waals surface area contributed by atoms with E-state index in [4.69, 9.17) is 4.74 Å². The molecule has 3 rings (SSSR count). The Bertz CT molecular complexity index is 569. The van der Waals surface area contributed by atoms with Crippen LogP contribution < -0.4 is 4.74 Å². The maximum atomic E-state index is 5.87. The molecule has 124 valence electrons. The van der Waals surface area contributed by atoms with Crippen molar-refractivity contribution in [1.82, 2.24) is 15.1 Å². The molecule has 2 unspecified atom stereocenters. The minimum atomic E-state index is 0.779. The zero-order chi connectivity index (χ0) is 16.1. The topological polar surface area (TPSA) is 41.1 Å². The van der Waals surface area contributed by atoms with E-state index in [1.165, 1.54) is 19.5 Å². The fourth-order valence-electron chi connectivity index (χ4n) is 3.60. The maximum absolute atomic E-state index is 5.87. The number of H-pyrrole nitrogens is 1. The number of aromatic amines is 1. The van der Waals surface area contributed by atoms with Crippen LogP contribution in [0.25, 0.3) is 11.3 Å². The van der Waals surface area contributed by atoms with E-state index in [1.807, 2.05) is 24.4 Å². The Hall–Kier alpha value is -1.81. The fraction of sp³-hybridized carbons (Fsp3) is 0.526. The lowest BCUT2D eigenvalue weighted by atomic mass is 9.92. The standard InChI is InChI=1S/C19H27N3O/c1-15-12-16(2)14-22(13-15)10-3-11-23-18-6-4-17(5-7-18)19-8-9-20-21-19/h4-9,15-16H,3,10-14H2,1-2H3,(H,20,21). The van der Waals surface area contributed by atoms with Crippen LogP contribution in [-0.2, 0) is 0 Å². The number of rotatable bonds is 6. The van der Waals surface area contributed by atoms with Gasteiger partial charge in [-0.3, -0.25) is 5.10 Å². The number of ether oxygens (including phenoxy) is 1. The molecule has 23 heavy (non-hydrogen) atoms. The first-order chi connectivity index (χ1) is 11.2. The van der Waals surface area contributed by atoms with Crippen molar-refractivity contribution in [2.45, 2.75) is 26.7 Å². The van der Waals surface area contributed by atoms with Gasteiger partial charge in [0.05, 0.1) is 12.3 Å². The van der Waals surface area contributed by atoms with Gasteiger partial charge in [0.25, 0.3) is 0 Å². The van der Waals surface area contributed by atoms with E-state index in [1.54, 1.807) is 0 Å². The molecule has 0 radical (unpaired) electrons. The first-order valence-electron chi connectivity index (χ1n) is 8.66. The van der Waals surface area contributed by atoms with E-state index in [0.29, 0.717) is 0 Å². The quantitative estimate of drug-likeness (QED) is 0.824. The summed E-state index contributed by atoms with van der Waals surface area (Å²) in [6, 6.07) is 10.1. The summed E-state index contributed by atoms with van der Waals surface area (Å²) in [7, 11) is 0. The van der Waals surface area contributed by atoms with Crippen molar-refractivity contribution < 1.29 is 4.74 Å². The van der Waals surface area contributed by atoms with Crippen LogP contribution in [0, 0.1) is 11.8 Å². The number of likely N-dealkylation sites (tertiary alicyclic amines) is 1. The number of piperidine rings is 1. The highest BCUT2D eigenvalue weighted by Crippen LogP contribution is 2.22. The first-order valence-corrected chi connectivity index (χ1v) is 8.66. The van der Waals surface area contributed by atoms with Gasteiger partial charge in [-0.05, 0) is 55.0 Å². The lowest BCUT2D eigenvalue weighted by Crippen LogP contribution is -2.39. The molecule has 4 nitrogen and oxygen atoms in total. The minimum absolute atomic E-state index is 0.779. The van der Waals surface area contributed by atoms with E-state index in [0.717, 1.165) is 48.4 Å². The molecule has 0 amide bonds. The summed E-state index contributed by atoms with van der Waals surface area (Å²) in [6.45, 7) is 9.12. The lowest BCUT2D eigenvalue weighted by molar-refractivity contribution is 0.132. The number of aromatic nitrogens is 2. The molecular formula is C19H27N3O. The highest BCUT2D eigenvalue weighted by Gasteiger charge is 2.20. The Kier molecular flexibility index (Phi) is 5.34. The van der Waals surface area contributed by atoms with E-state index in [-0.39, 0.29) is 0 Å². The molecule has 2 heterocycles. The lowest BCUT2D eigenvalue weighted by Gasteiger charge is -2.34. The number of benzene rings is 1. The van der Waals surface area contributed by atoms with Gasteiger partial charge in [-0.1, -0.05) is 13.8 Å². The molecule has 1 aliphatic heterocycles. The van der Waals surface area contributed by atoms with E-state index in [9.17, 15) is 0 Å². The van der Waals surface area contributed by atoms with Crippen LogP contribution in [0.4, 0.5) is 0 Å². The van der Waals surface area contributed by atoms with Gasteiger partial charge >= 0.3 is 0 Å². The van der Waals surface area contributed by atoms with Crippen molar-refractivity contribution in [3.8, 4) is 17.0 Å². The minimum Gasteiger partial charge on any atom is -0.494 e. The second kappa shape index (κ2) is 7.64. The maximum Gasteiger partial charge on any atom is 0.119 e. The van der Waals surface area contributed by atoms with Gasteiger partial charge in [0.15, 0.2) is 0 Å². The SMILES string of the molecule is CC1CC(C)CN(CCCOc2ccc(-c3cc[nH]n3)cc2)C1. The molecule has 1 aromatic heterocycles. The largest absolute Gasteiger partial charge is 0.494 e. The van der Waals surface area contributed by atoms with Crippen LogP contribution in [0.3, 0.4) is 0 Å². The van der Waals surface area contributed by atoms with Gasteiger partial charge in [0.2, 0.25) is 0 Å². The molecule has 2 aromatic rings. The highest BCUT2D eigenvalue weighted by atomic mass is 16.5. The zero-order valence-corrected chi connectivity index (χ0v) is 14.2. The number of nitrogens with one attached hydrogen (secondary N) is 1. The molecule has 0 saturated carbocycles. The number of hydrogen-bond donors (Lipinski definition) is 1. The van der Waals surface area contributed by atoms with Gasteiger partial charge in [-0.2, -0.15) is 5.10 Å². The van der Waals surface area contributed by atoms with Crippen molar-refractivity contribution >= 4 is 0 Å². The second-order valence-electron chi connectivity index (χ2n) is 6.89. The van der Waals surface area contributed by atoms with Gasteiger partial charge in [0.1, 0.15) is 5.75 Å². The zero-order valence-electron chi connectivity index (χ0n) is 14.2. The average Bonchev–Trinajstić information content (AvgIpc) is 3.06. The summed E-state index contributed by atoms with van der Waals surface area (Å²) >= 11 is 0. The van der Waals surface area contributed by atoms with Crippen LogP contribution in [0.2, 0.25) is 0 Å². The normalized spacial score (nSPS) is 22.2. The van der Waals surface area contributed by atoms with Crippen LogP contribution in [0.5, 0.6) is 5.75 Å². The molecule has 2 atom stereocenters. The van der Waals surface area contributed by atoms with Gasteiger partial charge in [-0.25, -0.2) is 0 Å². The third-order valence-electron chi connectivity index (χ3n) is 4.48. The van der Waals surface area contributed by atoms with Crippen LogP contribution in [0.1, 0.15) is 26.7 Å². The van der Waals surface area contributed by atoms with Crippen molar-refractivity contribution in [3.05, 3.63) is 36.5 Å². The van der Waals surface area contributed by atoms with Crippen molar-refractivity contribution in [2.24, 2.45) is 11.8 Å². The van der Waals surface area contributed by atoms with Crippen molar-refractivity contribution in [2.75, 3.05) is 26.2 Å². The molecule has 1 aliphatic rings. The Morgan fingerprint density at radius 2 is 1.87 bits per heavy atom. The summed E-state index contributed by atoms with van der Waals surface area (Å²) < 4.78 is 5.87. The molecule has 0 bridgehead atoms. The van der Waals surface area contributed by atoms with Gasteiger partial charge in [-0.15, -0.1) is 0 Å². The van der Waals surface area contributed by atoms with Gasteiger partial charge < -0.3 is 9.64 Å². The van der Waals surface area contributed by atoms with E-state index < -0.39 is 0 Å². The van der Waals surface area contributed by atoms with Crippen LogP contribution >= 0.6 is 0 Å². The Balaban J connectivity index is 1.40. The predicted octanol–water partition coefficient (Wildman–Crippen LogP) is 3.82. The van der Waals surface area contributed by atoms with Crippen LogP contribution in [-0.4, -0.2) is 41.3 Å². The Morgan fingerprint density at radius 3 is 2.52 bits per heavy atom. The molecule has 0 spiro atoms. The predicted molar refractivity (Wildman–Crippen MR) is 93.5 cm³/mol. The molecule has 1 saturated heterocycles. The van der Waals surface area contributed by atoms with E-state index >= 15 is 0 Å². The summed E-state index contributed by atoms with van der Waals surface area (Å²) in [5, 5.41) is 7.02. The van der Waals surface area contributed by atoms with Crippen LogP contribution in [0.15, 0.2) is 36.5 Å². The first kappa shape index (κ1) is 16.1. The molecule has 0 aliphatic carbocycles. The van der Waals surface area contributed by atoms with Crippen molar-refractivity contribution in [1.29, 1.82) is 0 Å². The molecule has 1 aromatic carbocycles. The summed E-state index contributed by atoms with van der Waals surface area (Å²) in [5.74, 6) is 2.59. The average molecular weight is 313 g/mol. The Labute approximate surface area is 138 Å². The van der Waals surface area contributed by atoms with E-state index in [2.05, 4.69) is 41.1 Å². The second-order valence-corrected chi connectivity index (χ2v) is 6.89. The smallest absolute Gasteiger partial charge is 0.119 e. The third-order valence-corrected chi connectivity index (χ3v) is 4.48. The summed E-state index contributed by atoms with van der Waals surface area (Å²) in [6.07, 6.45) is 4.29. The van der Waals surface area contributed by atoms with Crippen molar-refractivity contribution in [3.63, 3.8) is 0 Å². The molecular weight excluding hydrogens is 286 g/mol. The van der Waals surface area contributed by atoms with Gasteiger partial charge in [0, 0.05) is 31.4 Å². The molecule has 1 N–H and O–H groups in total. The number of hydrogen-bond acceptors (Lipinski definition) is 3.